The summed E-state index contributed by atoms with van der Waals surface area (Å²) in [6, 6.07) is 4.35. The lowest BCUT2D eigenvalue weighted by Gasteiger charge is -2.24. The van der Waals surface area contributed by atoms with Crippen LogP contribution in [0.15, 0.2) is 23.5 Å². The zero-order valence-corrected chi connectivity index (χ0v) is 10.2. The molecule has 1 fully saturated rings. The molecule has 1 aromatic heterocycles. The molecule has 0 radical (unpaired) electrons. The Morgan fingerprint density at radius 2 is 2.35 bits per heavy atom. The molecule has 1 saturated heterocycles. The standard InChI is InChI=1S/C12H18N4O/c1-8-5-9(2)16(7-8)10-3-4-14-11(6-10)12(13)15-17/h3-4,6,8-9,17H,5,7H2,1-2H3,(H2,13,15). The molecule has 1 aliphatic heterocycles. The van der Waals surface area contributed by atoms with E-state index in [-0.39, 0.29) is 5.84 Å². The molecule has 0 saturated carbocycles. The van der Waals surface area contributed by atoms with Crippen LogP contribution in [0, 0.1) is 5.92 Å². The summed E-state index contributed by atoms with van der Waals surface area (Å²) in [7, 11) is 0. The third-order valence-corrected chi connectivity index (χ3v) is 3.23. The highest BCUT2D eigenvalue weighted by Gasteiger charge is 2.26. The molecule has 2 unspecified atom stereocenters. The number of pyridine rings is 1. The SMILES string of the molecule is CC1CC(C)N(c2ccnc(/C(N)=N/O)c2)C1. The second kappa shape index (κ2) is 4.61. The first-order valence-corrected chi connectivity index (χ1v) is 5.82. The monoisotopic (exact) mass is 234 g/mol. The van der Waals surface area contributed by atoms with Crippen LogP contribution in [-0.4, -0.2) is 28.6 Å². The summed E-state index contributed by atoms with van der Waals surface area (Å²) >= 11 is 0. The fourth-order valence-electron chi connectivity index (χ4n) is 2.45. The maximum atomic E-state index is 8.65. The summed E-state index contributed by atoms with van der Waals surface area (Å²) in [6.07, 6.45) is 2.89. The molecule has 2 heterocycles. The van der Waals surface area contributed by atoms with E-state index < -0.39 is 0 Å². The van der Waals surface area contributed by atoms with Crippen LogP contribution >= 0.6 is 0 Å². The van der Waals surface area contributed by atoms with Crippen LogP contribution in [0.2, 0.25) is 0 Å². The maximum absolute atomic E-state index is 8.65. The minimum absolute atomic E-state index is 0.0479. The third-order valence-electron chi connectivity index (χ3n) is 3.23. The topological polar surface area (TPSA) is 74.7 Å². The Hall–Kier alpha value is -1.78. The van der Waals surface area contributed by atoms with Crippen LogP contribution in [0.1, 0.15) is 26.0 Å². The van der Waals surface area contributed by atoms with Gasteiger partial charge in [-0.1, -0.05) is 12.1 Å². The molecule has 0 spiro atoms. The number of aromatic nitrogens is 1. The number of anilines is 1. The molecule has 1 aromatic rings. The number of oxime groups is 1. The Balaban J connectivity index is 2.27. The molecule has 3 N–H and O–H groups in total. The van der Waals surface area contributed by atoms with E-state index in [0.717, 1.165) is 12.2 Å². The van der Waals surface area contributed by atoms with Crippen LogP contribution < -0.4 is 10.6 Å². The minimum atomic E-state index is 0.0479. The lowest BCUT2D eigenvalue weighted by molar-refractivity contribution is 0.318. The van der Waals surface area contributed by atoms with E-state index in [1.165, 1.54) is 6.42 Å². The number of amidine groups is 1. The number of hydrogen-bond acceptors (Lipinski definition) is 4. The highest BCUT2D eigenvalue weighted by Crippen LogP contribution is 2.28. The van der Waals surface area contributed by atoms with Crippen LogP contribution in [0.25, 0.3) is 0 Å². The Bertz CT molecular complexity index is 432. The predicted octanol–water partition coefficient (Wildman–Crippen LogP) is 1.41. The lowest BCUT2D eigenvalue weighted by atomic mass is 10.1. The molecule has 1 aliphatic rings. The van der Waals surface area contributed by atoms with Crippen molar-refractivity contribution in [3.05, 3.63) is 24.0 Å². The van der Waals surface area contributed by atoms with Gasteiger partial charge in [0, 0.05) is 24.5 Å². The van der Waals surface area contributed by atoms with Crippen LogP contribution in [-0.2, 0) is 0 Å². The molecule has 17 heavy (non-hydrogen) atoms. The van der Waals surface area contributed by atoms with Gasteiger partial charge in [0.2, 0.25) is 0 Å². The Morgan fingerprint density at radius 3 is 2.94 bits per heavy atom. The second-order valence-electron chi connectivity index (χ2n) is 4.73. The third kappa shape index (κ3) is 2.33. The largest absolute Gasteiger partial charge is 0.409 e. The quantitative estimate of drug-likeness (QED) is 0.351. The summed E-state index contributed by atoms with van der Waals surface area (Å²) in [6.45, 7) is 5.51. The summed E-state index contributed by atoms with van der Waals surface area (Å²) in [4.78, 5) is 6.42. The first-order chi connectivity index (χ1) is 8.11. The maximum Gasteiger partial charge on any atom is 0.188 e. The lowest BCUT2D eigenvalue weighted by Crippen LogP contribution is -2.27. The van der Waals surface area contributed by atoms with Crippen molar-refractivity contribution in [1.29, 1.82) is 0 Å². The zero-order chi connectivity index (χ0) is 12.4. The van der Waals surface area contributed by atoms with Gasteiger partial charge in [-0.15, -0.1) is 0 Å². The number of nitrogens with two attached hydrogens (primary N) is 1. The second-order valence-corrected chi connectivity index (χ2v) is 4.73. The van der Waals surface area contributed by atoms with Gasteiger partial charge in [0.1, 0.15) is 5.69 Å². The fourth-order valence-corrected chi connectivity index (χ4v) is 2.45. The first-order valence-electron chi connectivity index (χ1n) is 5.82. The van der Waals surface area contributed by atoms with Gasteiger partial charge in [-0.3, -0.25) is 4.98 Å². The highest BCUT2D eigenvalue weighted by atomic mass is 16.4. The molecular formula is C12H18N4O. The van der Waals surface area contributed by atoms with Crippen LogP contribution in [0.4, 0.5) is 5.69 Å². The van der Waals surface area contributed by atoms with E-state index in [0.29, 0.717) is 17.7 Å². The van der Waals surface area contributed by atoms with Gasteiger partial charge in [0.15, 0.2) is 5.84 Å². The van der Waals surface area contributed by atoms with E-state index in [9.17, 15) is 0 Å². The molecule has 0 amide bonds. The summed E-state index contributed by atoms with van der Waals surface area (Å²) in [5.41, 5.74) is 7.14. The predicted molar refractivity (Wildman–Crippen MR) is 67.3 cm³/mol. The van der Waals surface area contributed by atoms with Crippen molar-refractivity contribution in [2.24, 2.45) is 16.8 Å². The average Bonchev–Trinajstić information content (AvgIpc) is 2.67. The van der Waals surface area contributed by atoms with Gasteiger partial charge in [-0.05, 0) is 31.4 Å². The molecular weight excluding hydrogens is 216 g/mol. The van der Waals surface area contributed by atoms with Gasteiger partial charge >= 0.3 is 0 Å². The molecule has 0 bridgehead atoms. The highest BCUT2D eigenvalue weighted by molar-refractivity contribution is 5.95. The molecule has 5 heteroatoms. The summed E-state index contributed by atoms with van der Waals surface area (Å²) in [5.74, 6) is 0.747. The van der Waals surface area contributed by atoms with Crippen LogP contribution in [0.3, 0.4) is 0 Å². The Kier molecular flexibility index (Phi) is 3.17. The van der Waals surface area contributed by atoms with Crippen molar-refractivity contribution in [3.63, 3.8) is 0 Å². The molecule has 0 aliphatic carbocycles. The number of rotatable bonds is 2. The van der Waals surface area contributed by atoms with Gasteiger partial charge in [0.05, 0.1) is 0 Å². The molecule has 2 rings (SSSR count). The summed E-state index contributed by atoms with van der Waals surface area (Å²) in [5, 5.41) is 11.6. The van der Waals surface area contributed by atoms with E-state index in [2.05, 4.69) is 28.9 Å². The van der Waals surface area contributed by atoms with Crippen molar-refractivity contribution in [2.75, 3.05) is 11.4 Å². The van der Waals surface area contributed by atoms with Gasteiger partial charge in [-0.25, -0.2) is 0 Å². The van der Waals surface area contributed by atoms with Crippen LogP contribution in [0.5, 0.6) is 0 Å². The van der Waals surface area contributed by atoms with Gasteiger partial charge < -0.3 is 15.8 Å². The fraction of sp³-hybridized carbons (Fsp3) is 0.500. The van der Waals surface area contributed by atoms with Crippen molar-refractivity contribution in [2.45, 2.75) is 26.3 Å². The molecule has 92 valence electrons. The first kappa shape index (κ1) is 11.7. The zero-order valence-electron chi connectivity index (χ0n) is 10.2. The van der Waals surface area contributed by atoms with E-state index in [4.69, 9.17) is 10.9 Å². The van der Waals surface area contributed by atoms with E-state index >= 15 is 0 Å². The number of nitrogens with zero attached hydrogens (tertiary/aromatic N) is 3. The van der Waals surface area contributed by atoms with Crippen molar-refractivity contribution in [1.82, 2.24) is 4.98 Å². The minimum Gasteiger partial charge on any atom is -0.409 e. The number of hydrogen-bond donors (Lipinski definition) is 2. The van der Waals surface area contributed by atoms with Gasteiger partial charge in [0.25, 0.3) is 0 Å². The Morgan fingerprint density at radius 1 is 1.59 bits per heavy atom. The van der Waals surface area contributed by atoms with Gasteiger partial charge in [-0.2, -0.15) is 0 Å². The summed E-state index contributed by atoms with van der Waals surface area (Å²) < 4.78 is 0. The Labute approximate surface area is 101 Å². The molecule has 0 aromatic carbocycles. The van der Waals surface area contributed by atoms with E-state index in [1.54, 1.807) is 6.20 Å². The molecule has 5 nitrogen and oxygen atoms in total. The smallest absolute Gasteiger partial charge is 0.188 e. The van der Waals surface area contributed by atoms with Crippen molar-refractivity contribution >= 4 is 11.5 Å². The normalized spacial score (nSPS) is 25.3. The van der Waals surface area contributed by atoms with Crippen molar-refractivity contribution in [3.8, 4) is 0 Å². The average molecular weight is 234 g/mol. The molecule has 2 atom stereocenters. The van der Waals surface area contributed by atoms with Crippen molar-refractivity contribution < 1.29 is 5.21 Å². The van der Waals surface area contributed by atoms with E-state index in [1.807, 2.05) is 12.1 Å².